The van der Waals surface area contributed by atoms with Gasteiger partial charge >= 0.3 is 0 Å². The van der Waals surface area contributed by atoms with Crippen molar-refractivity contribution in [2.45, 2.75) is 26.3 Å². The second-order valence-electron chi connectivity index (χ2n) is 5.59. The summed E-state index contributed by atoms with van der Waals surface area (Å²) in [5, 5.41) is 3.35. The highest BCUT2D eigenvalue weighted by atomic mass is 79.9. The molecule has 0 fully saturated rings. The molecule has 0 aliphatic rings. The van der Waals surface area contributed by atoms with Crippen molar-refractivity contribution in [3.8, 4) is 0 Å². The van der Waals surface area contributed by atoms with Gasteiger partial charge in [0.05, 0.1) is 11.6 Å². The molecular weight excluding hydrogens is 344 g/mol. The topological polar surface area (TPSA) is 49.4 Å². The minimum absolute atomic E-state index is 0.0103. The molecule has 2 amide bonds. The first kappa shape index (κ1) is 17.0. The molecule has 0 unspecified atom stereocenters. The van der Waals surface area contributed by atoms with Crippen molar-refractivity contribution in [3.05, 3.63) is 33.3 Å². The van der Waals surface area contributed by atoms with Gasteiger partial charge in [-0.1, -0.05) is 11.6 Å². The maximum Gasteiger partial charge on any atom is 0.254 e. The average Bonchev–Trinajstić information content (AvgIpc) is 2.29. The molecule has 1 N–H and O–H groups in total. The Kier molecular flexibility index (Phi) is 5.59. The summed E-state index contributed by atoms with van der Waals surface area (Å²) in [5.74, 6) is -0.423. The van der Waals surface area contributed by atoms with Crippen molar-refractivity contribution in [3.63, 3.8) is 0 Å². The summed E-state index contributed by atoms with van der Waals surface area (Å²) in [4.78, 5) is 25.4. The van der Waals surface area contributed by atoms with Crippen LogP contribution >= 0.6 is 27.5 Å². The van der Waals surface area contributed by atoms with E-state index in [-0.39, 0.29) is 23.9 Å². The van der Waals surface area contributed by atoms with Crippen LogP contribution < -0.4 is 5.32 Å². The maximum absolute atomic E-state index is 12.2. The van der Waals surface area contributed by atoms with Crippen LogP contribution in [0.2, 0.25) is 5.02 Å². The Hall–Kier alpha value is -1.07. The lowest BCUT2D eigenvalue weighted by atomic mass is 10.1. The average molecular weight is 362 g/mol. The summed E-state index contributed by atoms with van der Waals surface area (Å²) in [6.45, 7) is 5.69. The smallest absolute Gasteiger partial charge is 0.254 e. The number of halogens is 2. The van der Waals surface area contributed by atoms with E-state index in [9.17, 15) is 9.59 Å². The standard InChI is InChI=1S/C14H18BrClN2O2/c1-14(2,3)17-12(19)8-18(4)13(20)9-5-6-11(16)10(15)7-9/h5-7H,8H2,1-4H3,(H,17,19). The third kappa shape index (κ3) is 5.13. The molecule has 110 valence electrons. The van der Waals surface area contributed by atoms with Gasteiger partial charge in [-0.25, -0.2) is 0 Å². The fourth-order valence-corrected chi connectivity index (χ4v) is 2.09. The molecule has 0 spiro atoms. The third-order valence-electron chi connectivity index (χ3n) is 2.41. The van der Waals surface area contributed by atoms with Crippen LogP contribution in [0, 0.1) is 0 Å². The molecule has 0 bridgehead atoms. The minimum Gasteiger partial charge on any atom is -0.350 e. The van der Waals surface area contributed by atoms with E-state index in [1.165, 1.54) is 4.90 Å². The molecule has 6 heteroatoms. The Labute approximate surface area is 132 Å². The van der Waals surface area contributed by atoms with E-state index >= 15 is 0 Å². The number of nitrogens with zero attached hydrogens (tertiary/aromatic N) is 1. The molecule has 1 aromatic rings. The molecule has 0 atom stereocenters. The monoisotopic (exact) mass is 360 g/mol. The number of hydrogen-bond donors (Lipinski definition) is 1. The molecule has 0 saturated heterocycles. The number of benzene rings is 1. The molecule has 0 saturated carbocycles. The van der Waals surface area contributed by atoms with Crippen molar-refractivity contribution in [2.24, 2.45) is 0 Å². The van der Waals surface area contributed by atoms with Crippen LogP contribution in [0.5, 0.6) is 0 Å². The van der Waals surface area contributed by atoms with Gasteiger partial charge in [0.1, 0.15) is 0 Å². The van der Waals surface area contributed by atoms with Gasteiger partial charge in [-0.05, 0) is 54.9 Å². The number of nitrogens with one attached hydrogen (secondary N) is 1. The number of carbonyl (C=O) groups is 2. The number of rotatable bonds is 3. The summed E-state index contributed by atoms with van der Waals surface area (Å²) in [5.41, 5.74) is 0.164. The number of carbonyl (C=O) groups excluding carboxylic acids is 2. The van der Waals surface area contributed by atoms with Gasteiger partial charge in [-0.15, -0.1) is 0 Å². The summed E-state index contributed by atoms with van der Waals surface area (Å²) in [6, 6.07) is 4.92. The Morgan fingerprint density at radius 2 is 1.95 bits per heavy atom. The molecule has 1 rings (SSSR count). The second-order valence-corrected chi connectivity index (χ2v) is 6.85. The van der Waals surface area contributed by atoms with Gasteiger partial charge < -0.3 is 10.2 Å². The van der Waals surface area contributed by atoms with Crippen LogP contribution in [0.1, 0.15) is 31.1 Å². The molecule has 0 aliphatic heterocycles. The summed E-state index contributed by atoms with van der Waals surface area (Å²) in [6.07, 6.45) is 0. The maximum atomic E-state index is 12.2. The van der Waals surface area contributed by atoms with Crippen molar-refractivity contribution < 1.29 is 9.59 Å². The van der Waals surface area contributed by atoms with Crippen LogP contribution in [-0.4, -0.2) is 35.8 Å². The van der Waals surface area contributed by atoms with Gasteiger partial charge in [-0.2, -0.15) is 0 Å². The molecular formula is C14H18BrClN2O2. The van der Waals surface area contributed by atoms with Crippen molar-refractivity contribution in [1.29, 1.82) is 0 Å². The van der Waals surface area contributed by atoms with E-state index < -0.39 is 0 Å². The van der Waals surface area contributed by atoms with Gasteiger partial charge in [0.15, 0.2) is 0 Å². The molecule has 0 aromatic heterocycles. The van der Waals surface area contributed by atoms with Gasteiger partial charge in [0.25, 0.3) is 5.91 Å². The fraction of sp³-hybridized carbons (Fsp3) is 0.429. The van der Waals surface area contributed by atoms with Crippen molar-refractivity contribution in [1.82, 2.24) is 10.2 Å². The van der Waals surface area contributed by atoms with E-state index in [1.54, 1.807) is 25.2 Å². The third-order valence-corrected chi connectivity index (χ3v) is 3.62. The SMILES string of the molecule is CN(CC(=O)NC(C)(C)C)C(=O)c1ccc(Cl)c(Br)c1. The summed E-state index contributed by atoms with van der Waals surface area (Å²) < 4.78 is 0.651. The Morgan fingerprint density at radius 1 is 1.35 bits per heavy atom. The van der Waals surface area contributed by atoms with Crippen LogP contribution in [0.3, 0.4) is 0 Å². The van der Waals surface area contributed by atoms with Crippen molar-refractivity contribution >= 4 is 39.3 Å². The predicted molar refractivity (Wildman–Crippen MR) is 84.0 cm³/mol. The molecule has 20 heavy (non-hydrogen) atoms. The highest BCUT2D eigenvalue weighted by molar-refractivity contribution is 9.10. The van der Waals surface area contributed by atoms with E-state index in [0.717, 1.165) is 0 Å². The van der Waals surface area contributed by atoms with E-state index in [4.69, 9.17) is 11.6 Å². The first-order chi connectivity index (χ1) is 9.10. The number of likely N-dealkylation sites (N-methyl/N-ethyl adjacent to an activating group) is 1. The second kappa shape index (κ2) is 6.59. The van der Waals surface area contributed by atoms with Crippen LogP contribution in [0.15, 0.2) is 22.7 Å². The quantitative estimate of drug-likeness (QED) is 0.899. The highest BCUT2D eigenvalue weighted by Gasteiger charge is 2.19. The van der Waals surface area contributed by atoms with Crippen LogP contribution in [0.4, 0.5) is 0 Å². The molecule has 0 radical (unpaired) electrons. The number of hydrogen-bond acceptors (Lipinski definition) is 2. The largest absolute Gasteiger partial charge is 0.350 e. The molecule has 1 aromatic carbocycles. The zero-order valence-electron chi connectivity index (χ0n) is 12.0. The Morgan fingerprint density at radius 3 is 2.45 bits per heavy atom. The van der Waals surface area contributed by atoms with Crippen LogP contribution in [0.25, 0.3) is 0 Å². The molecule has 4 nitrogen and oxygen atoms in total. The Bertz CT molecular complexity index is 526. The van der Waals surface area contributed by atoms with E-state index in [1.807, 2.05) is 20.8 Å². The van der Waals surface area contributed by atoms with Gasteiger partial charge in [-0.3, -0.25) is 9.59 Å². The van der Waals surface area contributed by atoms with Gasteiger partial charge in [0.2, 0.25) is 5.91 Å². The molecule has 0 heterocycles. The number of amides is 2. The highest BCUT2D eigenvalue weighted by Crippen LogP contribution is 2.23. The zero-order valence-corrected chi connectivity index (χ0v) is 14.3. The lowest BCUT2D eigenvalue weighted by Gasteiger charge is -2.23. The Balaban J connectivity index is 2.72. The normalized spacial score (nSPS) is 11.1. The van der Waals surface area contributed by atoms with Crippen molar-refractivity contribution in [2.75, 3.05) is 13.6 Å². The van der Waals surface area contributed by atoms with Crippen LogP contribution in [-0.2, 0) is 4.79 Å². The first-order valence-electron chi connectivity index (χ1n) is 6.11. The fourth-order valence-electron chi connectivity index (χ4n) is 1.59. The van der Waals surface area contributed by atoms with E-state index in [2.05, 4.69) is 21.2 Å². The minimum atomic E-state index is -0.315. The summed E-state index contributed by atoms with van der Waals surface area (Å²) >= 11 is 9.16. The summed E-state index contributed by atoms with van der Waals surface area (Å²) in [7, 11) is 1.59. The van der Waals surface area contributed by atoms with Gasteiger partial charge in [0, 0.05) is 22.6 Å². The molecule has 0 aliphatic carbocycles. The van der Waals surface area contributed by atoms with E-state index in [0.29, 0.717) is 15.1 Å². The lowest BCUT2D eigenvalue weighted by Crippen LogP contribution is -2.46. The lowest BCUT2D eigenvalue weighted by molar-refractivity contribution is -0.122. The first-order valence-corrected chi connectivity index (χ1v) is 7.29. The predicted octanol–water partition coefficient (Wildman–Crippen LogP) is 3.09. The zero-order chi connectivity index (χ0) is 15.5.